The van der Waals surface area contributed by atoms with Crippen molar-refractivity contribution < 1.29 is 90.4 Å². The first-order chi connectivity index (χ1) is 23.7. The van der Waals surface area contributed by atoms with Crippen LogP contribution in [0.2, 0.25) is 0 Å². The second-order valence-electron chi connectivity index (χ2n) is 11.7. The minimum absolute atomic E-state index is 0.0618. The Morgan fingerprint density at radius 1 is 0.540 bits per heavy atom. The van der Waals surface area contributed by atoms with Crippen molar-refractivity contribution in [3.8, 4) is 23.0 Å². The summed E-state index contributed by atoms with van der Waals surface area (Å²) in [5.41, 5.74) is 1.81. The summed E-state index contributed by atoms with van der Waals surface area (Å²) in [5, 5.41) is 128. The lowest BCUT2D eigenvalue weighted by Gasteiger charge is -2.37. The van der Waals surface area contributed by atoms with E-state index in [9.17, 15) is 20.4 Å². The Morgan fingerprint density at radius 2 is 0.880 bits per heavy atom. The van der Waals surface area contributed by atoms with Gasteiger partial charge in [-0.3, -0.25) is 0 Å². The lowest BCUT2D eigenvalue weighted by Crippen LogP contribution is -2.58. The van der Waals surface area contributed by atoms with Gasteiger partial charge in [0, 0.05) is 13.2 Å². The molecule has 18 nitrogen and oxygen atoms in total. The van der Waals surface area contributed by atoms with Crippen LogP contribution < -0.4 is 9.47 Å². The van der Waals surface area contributed by atoms with Crippen molar-refractivity contribution in [2.75, 3.05) is 40.6 Å². The molecule has 286 valence electrons. The fourth-order valence-electron chi connectivity index (χ4n) is 5.23. The Balaban J connectivity index is 0.000000299. The summed E-state index contributed by atoms with van der Waals surface area (Å²) in [6, 6.07) is 10.1. The Labute approximate surface area is 287 Å². The molecule has 0 spiro atoms. The number of methoxy groups -OCH3 is 2. The highest BCUT2D eigenvalue weighted by Gasteiger charge is 2.43. The molecule has 4 rings (SSSR count). The minimum atomic E-state index is -1.57. The first-order valence-electron chi connectivity index (χ1n) is 15.6. The molecule has 12 unspecified atom stereocenters. The average molecular weight is 723 g/mol. The fourth-order valence-corrected chi connectivity index (χ4v) is 5.23. The SMILES string of the molecule is COc1cc(CC(CO)C(CO)Cc2ccc(O)c(OC)c2)ccc1O.OCC1OC(O)C(O)C(O)C1O.OCC1OC(O)C(O)C(O)C1O. The van der Waals surface area contributed by atoms with Crippen LogP contribution in [0.4, 0.5) is 0 Å². The maximum Gasteiger partial charge on any atom is 0.184 e. The number of benzene rings is 2. The predicted octanol–water partition coefficient (Wildman–Crippen LogP) is -4.33. The van der Waals surface area contributed by atoms with E-state index in [2.05, 4.69) is 9.47 Å². The smallest absolute Gasteiger partial charge is 0.184 e. The average Bonchev–Trinajstić information content (AvgIpc) is 3.12. The van der Waals surface area contributed by atoms with Gasteiger partial charge < -0.3 is 90.4 Å². The van der Waals surface area contributed by atoms with Gasteiger partial charge in [-0.25, -0.2) is 0 Å². The molecule has 0 amide bonds. The summed E-state index contributed by atoms with van der Waals surface area (Å²) >= 11 is 0. The van der Waals surface area contributed by atoms with Gasteiger partial charge in [-0.05, 0) is 60.1 Å². The zero-order valence-corrected chi connectivity index (χ0v) is 27.5. The summed E-state index contributed by atoms with van der Waals surface area (Å²) in [6.45, 7) is -1.21. The van der Waals surface area contributed by atoms with Crippen LogP contribution in [-0.2, 0) is 22.3 Å². The number of phenols is 2. The van der Waals surface area contributed by atoms with Crippen LogP contribution in [-0.4, -0.2) is 174 Å². The van der Waals surface area contributed by atoms with Gasteiger partial charge in [-0.15, -0.1) is 0 Å². The van der Waals surface area contributed by atoms with Crippen LogP contribution in [0.5, 0.6) is 23.0 Å². The van der Waals surface area contributed by atoms with E-state index in [1.165, 1.54) is 14.2 Å². The van der Waals surface area contributed by atoms with Crippen molar-refractivity contribution in [2.24, 2.45) is 11.8 Å². The van der Waals surface area contributed by atoms with E-state index in [-0.39, 0.29) is 36.5 Å². The second-order valence-corrected chi connectivity index (χ2v) is 11.7. The van der Waals surface area contributed by atoms with Crippen molar-refractivity contribution in [3.05, 3.63) is 47.5 Å². The van der Waals surface area contributed by atoms with Gasteiger partial charge in [0.15, 0.2) is 35.6 Å². The lowest BCUT2D eigenvalue weighted by atomic mass is 9.83. The van der Waals surface area contributed by atoms with Crippen molar-refractivity contribution in [2.45, 2.75) is 74.3 Å². The van der Waals surface area contributed by atoms with Crippen LogP contribution in [0, 0.1) is 11.8 Å². The van der Waals surface area contributed by atoms with E-state index in [0.717, 1.165) is 11.1 Å². The number of hydrogen-bond acceptors (Lipinski definition) is 18. The van der Waals surface area contributed by atoms with Gasteiger partial charge in [0.1, 0.15) is 48.8 Å². The van der Waals surface area contributed by atoms with E-state index in [1.54, 1.807) is 36.4 Å². The van der Waals surface area contributed by atoms with Gasteiger partial charge in [-0.1, -0.05) is 12.1 Å². The summed E-state index contributed by atoms with van der Waals surface area (Å²) in [5.74, 6) is 0.535. The molecule has 50 heavy (non-hydrogen) atoms. The van der Waals surface area contributed by atoms with Crippen LogP contribution >= 0.6 is 0 Å². The molecule has 12 atom stereocenters. The molecule has 2 aromatic carbocycles. The molecule has 2 heterocycles. The van der Waals surface area contributed by atoms with Crippen molar-refractivity contribution >= 4 is 0 Å². The molecule has 0 radical (unpaired) electrons. The Bertz CT molecular complexity index is 1160. The van der Waals surface area contributed by atoms with Crippen LogP contribution in [0.25, 0.3) is 0 Å². The normalized spacial score (nSPS) is 30.5. The molecule has 2 fully saturated rings. The monoisotopic (exact) mass is 722 g/mol. The Kier molecular flexibility index (Phi) is 18.0. The van der Waals surface area contributed by atoms with E-state index >= 15 is 0 Å². The summed E-state index contributed by atoms with van der Waals surface area (Å²) in [4.78, 5) is 0. The molecule has 18 heteroatoms. The number of aliphatic hydroxyl groups is 12. The van der Waals surface area contributed by atoms with Crippen molar-refractivity contribution in [1.29, 1.82) is 0 Å². The molecular weight excluding hydrogens is 672 g/mol. The Hall–Kier alpha value is -2.92. The van der Waals surface area contributed by atoms with Crippen LogP contribution in [0.1, 0.15) is 11.1 Å². The number of ether oxygens (including phenoxy) is 4. The maximum absolute atomic E-state index is 9.84. The fraction of sp³-hybridized carbons (Fsp3) is 0.625. The second kappa shape index (κ2) is 20.8. The highest BCUT2D eigenvalue weighted by molar-refractivity contribution is 5.43. The molecule has 2 aliphatic rings. The van der Waals surface area contributed by atoms with E-state index in [0.29, 0.717) is 24.3 Å². The standard InChI is InChI=1S/C20H26O6.2C6H12O6/c1-25-19-9-13(3-5-17(19)23)7-15(11-21)16(12-22)8-14-4-6-18(24)20(10-14)26-2;2*7-1-2-3(8)4(9)5(10)6(11)12-2/h3-6,9-10,15-16,21-24H,7-8,11-12H2,1-2H3;2*2-11H,1H2. The summed E-state index contributed by atoms with van der Waals surface area (Å²) in [7, 11) is 2.97. The molecule has 0 bridgehead atoms. The number of aromatic hydroxyl groups is 2. The van der Waals surface area contributed by atoms with Gasteiger partial charge in [-0.2, -0.15) is 0 Å². The van der Waals surface area contributed by atoms with E-state index in [4.69, 9.17) is 60.5 Å². The number of rotatable bonds is 11. The minimum Gasteiger partial charge on any atom is -0.504 e. The molecule has 2 aromatic rings. The maximum atomic E-state index is 9.84. The predicted molar refractivity (Wildman–Crippen MR) is 170 cm³/mol. The molecule has 14 N–H and O–H groups in total. The first kappa shape index (κ1) is 43.2. The lowest BCUT2D eigenvalue weighted by molar-refractivity contribution is -0.286. The zero-order valence-electron chi connectivity index (χ0n) is 27.5. The number of hydrogen-bond donors (Lipinski definition) is 14. The van der Waals surface area contributed by atoms with Crippen LogP contribution in [0.3, 0.4) is 0 Å². The molecule has 0 aliphatic carbocycles. The quantitative estimate of drug-likeness (QED) is 0.104. The topological polar surface area (TPSA) is 320 Å². The Morgan fingerprint density at radius 3 is 1.16 bits per heavy atom. The van der Waals surface area contributed by atoms with Gasteiger partial charge in [0.25, 0.3) is 0 Å². The van der Waals surface area contributed by atoms with Gasteiger partial charge >= 0.3 is 0 Å². The number of aliphatic hydroxyl groups excluding tert-OH is 12. The highest BCUT2D eigenvalue weighted by atomic mass is 16.6. The number of phenolic OH excluding ortho intramolecular Hbond substituents is 2. The van der Waals surface area contributed by atoms with E-state index in [1.807, 2.05) is 0 Å². The first-order valence-corrected chi connectivity index (χ1v) is 15.6. The largest absolute Gasteiger partial charge is 0.504 e. The van der Waals surface area contributed by atoms with Crippen LogP contribution in [0.15, 0.2) is 36.4 Å². The third-order valence-electron chi connectivity index (χ3n) is 8.35. The van der Waals surface area contributed by atoms with Gasteiger partial charge in [0.05, 0.1) is 27.4 Å². The highest BCUT2D eigenvalue weighted by Crippen LogP contribution is 2.31. The molecule has 2 saturated heterocycles. The summed E-state index contributed by atoms with van der Waals surface area (Å²) in [6.07, 6.45) is -13.0. The third kappa shape index (κ3) is 11.6. The summed E-state index contributed by atoms with van der Waals surface area (Å²) < 4.78 is 19.4. The van der Waals surface area contributed by atoms with E-state index < -0.39 is 74.6 Å². The van der Waals surface area contributed by atoms with Gasteiger partial charge in [0.2, 0.25) is 0 Å². The molecule has 0 saturated carbocycles. The van der Waals surface area contributed by atoms with Crippen molar-refractivity contribution in [3.63, 3.8) is 0 Å². The molecule has 0 aromatic heterocycles. The zero-order chi connectivity index (χ0) is 37.7. The molecular formula is C32H50O18. The molecule has 2 aliphatic heterocycles. The third-order valence-corrected chi connectivity index (χ3v) is 8.35. The van der Waals surface area contributed by atoms with Crippen molar-refractivity contribution in [1.82, 2.24) is 0 Å².